The number of halogens is 6. The van der Waals surface area contributed by atoms with Gasteiger partial charge in [0.15, 0.2) is 0 Å². The molecule has 0 bridgehead atoms. The molecule has 0 radical (unpaired) electrons. The zero-order chi connectivity index (χ0) is 10.7. The Kier molecular flexibility index (Phi) is 3.50. The summed E-state index contributed by atoms with van der Waals surface area (Å²) >= 11 is 0. The van der Waals surface area contributed by atoms with E-state index in [-0.39, 0.29) is 0 Å². The molecule has 0 aliphatic heterocycles. The largest absolute Gasteiger partial charge is 0.438 e. The number of alkyl halides is 6. The molecule has 0 aromatic carbocycles. The molecule has 7 heteroatoms. The van der Waals surface area contributed by atoms with Gasteiger partial charge in [0.2, 0.25) is 5.71 Å². The van der Waals surface area contributed by atoms with Crippen LogP contribution in [0.1, 0.15) is 6.92 Å². The predicted octanol–water partition coefficient (Wildman–Crippen LogP) is 3.09. The van der Waals surface area contributed by atoms with E-state index in [1.807, 2.05) is 0 Å². The van der Waals surface area contributed by atoms with Crippen LogP contribution in [0.5, 0.6) is 0 Å². The predicted molar refractivity (Wildman–Crippen MR) is 34.4 cm³/mol. The van der Waals surface area contributed by atoms with Gasteiger partial charge in [-0.05, 0) is 6.92 Å². The molecule has 0 saturated carbocycles. The maximum atomic E-state index is 11.7. The minimum absolute atomic E-state index is 0.441. The topological polar surface area (TPSA) is 12.4 Å². The van der Waals surface area contributed by atoms with Gasteiger partial charge in [-0.3, -0.25) is 0 Å². The highest BCUT2D eigenvalue weighted by molar-refractivity contribution is 5.94. The van der Waals surface area contributed by atoms with Crippen molar-refractivity contribution in [1.82, 2.24) is 0 Å². The number of rotatable bonds is 1. The summed E-state index contributed by atoms with van der Waals surface area (Å²) in [6.45, 7) is 1.26. The van der Waals surface area contributed by atoms with Crippen LogP contribution in [0.25, 0.3) is 0 Å². The minimum Gasteiger partial charge on any atom is -0.248 e. The number of allylic oxidation sites excluding steroid dienone is 1. The summed E-state index contributed by atoms with van der Waals surface area (Å²) in [4.78, 5) is 2.27. The second kappa shape index (κ2) is 3.80. The highest BCUT2D eigenvalue weighted by atomic mass is 19.4. The van der Waals surface area contributed by atoms with Gasteiger partial charge in [-0.1, -0.05) is 6.08 Å². The van der Waals surface area contributed by atoms with Gasteiger partial charge in [-0.25, -0.2) is 4.99 Å². The second-order valence-electron chi connectivity index (χ2n) is 1.96. The zero-order valence-electron chi connectivity index (χ0n) is 6.37. The van der Waals surface area contributed by atoms with Gasteiger partial charge in [0.1, 0.15) is 0 Å². The molecule has 0 atom stereocenters. The maximum absolute atomic E-state index is 11.7. The van der Waals surface area contributed by atoms with Crippen LogP contribution in [-0.4, -0.2) is 18.1 Å². The van der Waals surface area contributed by atoms with Gasteiger partial charge in [-0.15, -0.1) is 0 Å². The summed E-state index contributed by atoms with van der Waals surface area (Å²) in [5, 5.41) is 0. The van der Waals surface area contributed by atoms with Crippen molar-refractivity contribution >= 4 is 5.71 Å². The third-order valence-electron chi connectivity index (χ3n) is 0.890. The molecular weight excluding hydrogens is 200 g/mol. The summed E-state index contributed by atoms with van der Waals surface area (Å²) < 4.78 is 69.9. The Morgan fingerprint density at radius 1 is 1.00 bits per heavy atom. The first kappa shape index (κ1) is 12.0. The second-order valence-corrected chi connectivity index (χ2v) is 1.96. The lowest BCUT2D eigenvalue weighted by Crippen LogP contribution is -2.36. The van der Waals surface area contributed by atoms with Crippen LogP contribution in [0.15, 0.2) is 17.3 Å². The fourth-order valence-electron chi connectivity index (χ4n) is 0.456. The molecule has 0 aromatic rings. The lowest BCUT2D eigenvalue weighted by Gasteiger charge is -2.12. The summed E-state index contributed by atoms with van der Waals surface area (Å²) in [7, 11) is 0. The van der Waals surface area contributed by atoms with E-state index >= 15 is 0 Å². The highest BCUT2D eigenvalue weighted by Gasteiger charge is 2.52. The summed E-state index contributed by atoms with van der Waals surface area (Å²) in [5.74, 6) is 0. The van der Waals surface area contributed by atoms with Crippen LogP contribution in [0.4, 0.5) is 26.3 Å². The fraction of sp³-hybridized carbons (Fsp3) is 0.500. The van der Waals surface area contributed by atoms with Crippen LogP contribution >= 0.6 is 0 Å². The van der Waals surface area contributed by atoms with Crippen LogP contribution in [0.2, 0.25) is 0 Å². The fourth-order valence-corrected chi connectivity index (χ4v) is 0.456. The Hall–Kier alpha value is -1.01. The molecule has 0 saturated heterocycles. The van der Waals surface area contributed by atoms with Gasteiger partial charge >= 0.3 is 12.4 Å². The summed E-state index contributed by atoms with van der Waals surface area (Å²) in [6.07, 6.45) is -9.54. The van der Waals surface area contributed by atoms with Crippen molar-refractivity contribution in [2.45, 2.75) is 19.3 Å². The SMILES string of the molecule is C/C=C/N=C(C(F)(F)F)C(F)(F)F. The molecule has 0 unspecified atom stereocenters. The smallest absolute Gasteiger partial charge is 0.248 e. The lowest BCUT2D eigenvalue weighted by molar-refractivity contribution is -0.117. The number of aliphatic imine (C=N–C) groups is 1. The van der Waals surface area contributed by atoms with Crippen molar-refractivity contribution < 1.29 is 26.3 Å². The summed E-state index contributed by atoms with van der Waals surface area (Å²) in [5.41, 5.74) is -2.75. The van der Waals surface area contributed by atoms with Crippen LogP contribution in [0, 0.1) is 0 Å². The standard InChI is InChI=1S/C6H5F6N/c1-2-3-13-4(5(7,8)9)6(10,11)12/h2-3H,1H3/b3-2+. The van der Waals surface area contributed by atoms with Crippen molar-refractivity contribution in [3.8, 4) is 0 Å². The molecule has 1 nitrogen and oxygen atoms in total. The molecule has 0 aliphatic carbocycles. The summed E-state index contributed by atoms with van der Waals surface area (Å²) in [6, 6.07) is 0. The molecule has 0 heterocycles. The first-order valence-electron chi connectivity index (χ1n) is 3.03. The van der Waals surface area contributed by atoms with E-state index in [9.17, 15) is 26.3 Å². The van der Waals surface area contributed by atoms with Crippen LogP contribution in [-0.2, 0) is 0 Å². The van der Waals surface area contributed by atoms with Gasteiger partial charge in [0.05, 0.1) is 0 Å². The molecule has 0 N–H and O–H groups in total. The Bertz CT molecular complexity index is 204. The first-order valence-corrected chi connectivity index (χ1v) is 3.03. The Labute approximate surface area is 69.8 Å². The molecule has 76 valence electrons. The van der Waals surface area contributed by atoms with Crippen molar-refractivity contribution in [2.75, 3.05) is 0 Å². The molecule has 0 rings (SSSR count). The van der Waals surface area contributed by atoms with Crippen LogP contribution in [0.3, 0.4) is 0 Å². The average molecular weight is 205 g/mol. The van der Waals surface area contributed by atoms with E-state index < -0.39 is 18.1 Å². The van der Waals surface area contributed by atoms with Gasteiger partial charge < -0.3 is 0 Å². The molecule has 0 amide bonds. The van der Waals surface area contributed by atoms with E-state index in [0.717, 1.165) is 6.08 Å². The highest BCUT2D eigenvalue weighted by Crippen LogP contribution is 2.30. The molecule has 0 fully saturated rings. The lowest BCUT2D eigenvalue weighted by atomic mass is 10.3. The molecule has 0 aliphatic rings. The quantitative estimate of drug-likeness (QED) is 0.460. The van der Waals surface area contributed by atoms with Crippen LogP contribution < -0.4 is 0 Å². The number of hydrogen-bond donors (Lipinski definition) is 0. The third kappa shape index (κ3) is 3.95. The van der Waals surface area contributed by atoms with Crippen molar-refractivity contribution in [2.24, 2.45) is 4.99 Å². The van der Waals surface area contributed by atoms with E-state index in [1.54, 1.807) is 0 Å². The van der Waals surface area contributed by atoms with E-state index in [4.69, 9.17) is 0 Å². The molecule has 13 heavy (non-hydrogen) atoms. The number of hydrogen-bond acceptors (Lipinski definition) is 1. The van der Waals surface area contributed by atoms with Gasteiger partial charge in [0.25, 0.3) is 0 Å². The first-order chi connectivity index (χ1) is 5.69. The van der Waals surface area contributed by atoms with Gasteiger partial charge in [-0.2, -0.15) is 26.3 Å². The minimum atomic E-state index is -5.47. The molecule has 0 spiro atoms. The zero-order valence-corrected chi connectivity index (χ0v) is 6.37. The third-order valence-corrected chi connectivity index (χ3v) is 0.890. The molecular formula is C6H5F6N. The molecule has 0 aromatic heterocycles. The van der Waals surface area contributed by atoms with Crippen molar-refractivity contribution in [1.29, 1.82) is 0 Å². The average Bonchev–Trinajstić information content (AvgIpc) is 1.81. The van der Waals surface area contributed by atoms with Gasteiger partial charge in [0, 0.05) is 6.20 Å². The van der Waals surface area contributed by atoms with E-state index in [0.29, 0.717) is 6.20 Å². The maximum Gasteiger partial charge on any atom is 0.438 e. The Balaban J connectivity index is 5.00. The van der Waals surface area contributed by atoms with Crippen molar-refractivity contribution in [3.63, 3.8) is 0 Å². The van der Waals surface area contributed by atoms with E-state index in [2.05, 4.69) is 4.99 Å². The van der Waals surface area contributed by atoms with E-state index in [1.165, 1.54) is 6.92 Å². The Morgan fingerprint density at radius 3 is 1.62 bits per heavy atom. The monoisotopic (exact) mass is 205 g/mol. The van der Waals surface area contributed by atoms with Crippen molar-refractivity contribution in [3.05, 3.63) is 12.3 Å². The normalized spacial score (nSPS) is 13.5. The number of nitrogens with zero attached hydrogens (tertiary/aromatic N) is 1. The Morgan fingerprint density at radius 2 is 1.38 bits per heavy atom.